The molecule has 72 valence electrons. The number of halogens is 1. The number of fused-ring (bicyclic) bond motifs is 1. The summed E-state index contributed by atoms with van der Waals surface area (Å²) in [6, 6.07) is 9.92. The van der Waals surface area contributed by atoms with Crippen LogP contribution in [0, 0.1) is 11.3 Å². The third-order valence-electron chi connectivity index (χ3n) is 2.63. The van der Waals surface area contributed by atoms with Crippen molar-refractivity contribution < 1.29 is 4.74 Å². The average Bonchev–Trinajstić information content (AvgIpc) is 2.28. The number of hydrogen-bond donors (Lipinski definition) is 0. The lowest BCUT2D eigenvalue weighted by Crippen LogP contribution is -2.33. The number of hydrogen-bond acceptors (Lipinski definition) is 2. The summed E-state index contributed by atoms with van der Waals surface area (Å²) in [5, 5.41) is 9.20. The summed E-state index contributed by atoms with van der Waals surface area (Å²) >= 11 is 5.89. The van der Waals surface area contributed by atoms with Gasteiger partial charge in [0.15, 0.2) is 0 Å². The van der Waals surface area contributed by atoms with Crippen LogP contribution in [0.15, 0.2) is 24.3 Å². The summed E-state index contributed by atoms with van der Waals surface area (Å²) in [5.41, 5.74) is 0.361. The van der Waals surface area contributed by atoms with E-state index in [4.69, 9.17) is 16.3 Å². The van der Waals surface area contributed by atoms with Crippen LogP contribution in [0.1, 0.15) is 12.0 Å². The van der Waals surface area contributed by atoms with Crippen LogP contribution in [0.2, 0.25) is 0 Å². The van der Waals surface area contributed by atoms with Crippen molar-refractivity contribution in [2.24, 2.45) is 0 Å². The molecule has 0 spiro atoms. The average molecular weight is 208 g/mol. The first-order chi connectivity index (χ1) is 6.82. The fourth-order valence-corrected chi connectivity index (χ4v) is 2.08. The van der Waals surface area contributed by atoms with Crippen molar-refractivity contribution in [3.8, 4) is 11.8 Å². The lowest BCUT2D eigenvalue weighted by Gasteiger charge is -2.31. The fourth-order valence-electron chi connectivity index (χ4n) is 1.74. The summed E-state index contributed by atoms with van der Waals surface area (Å²) in [4.78, 5) is 0. The lowest BCUT2D eigenvalue weighted by molar-refractivity contribution is 0.251. The van der Waals surface area contributed by atoms with E-state index in [1.54, 1.807) is 0 Å². The summed E-state index contributed by atoms with van der Waals surface area (Å²) in [6.45, 7) is 0.567. The molecular formula is C11H10ClNO. The minimum Gasteiger partial charge on any atom is -0.493 e. The quantitative estimate of drug-likeness (QED) is 0.663. The van der Waals surface area contributed by atoms with Crippen molar-refractivity contribution in [2.75, 3.05) is 12.5 Å². The highest BCUT2D eigenvalue weighted by Gasteiger charge is 2.37. The van der Waals surface area contributed by atoms with E-state index in [2.05, 4.69) is 6.07 Å². The molecule has 0 radical (unpaired) electrons. The van der Waals surface area contributed by atoms with Gasteiger partial charge >= 0.3 is 0 Å². The first-order valence-electron chi connectivity index (χ1n) is 4.52. The Balaban J connectivity index is 2.55. The van der Waals surface area contributed by atoms with Crippen molar-refractivity contribution in [1.82, 2.24) is 0 Å². The van der Waals surface area contributed by atoms with E-state index in [0.29, 0.717) is 18.9 Å². The molecule has 1 aromatic rings. The zero-order chi connectivity index (χ0) is 10.0. The maximum Gasteiger partial charge on any atom is 0.124 e. The highest BCUT2D eigenvalue weighted by Crippen LogP contribution is 2.38. The molecule has 0 amide bonds. The molecular weight excluding hydrogens is 198 g/mol. The van der Waals surface area contributed by atoms with E-state index in [1.807, 2.05) is 24.3 Å². The first-order valence-corrected chi connectivity index (χ1v) is 5.05. The summed E-state index contributed by atoms with van der Waals surface area (Å²) in [7, 11) is 0. The summed E-state index contributed by atoms with van der Waals surface area (Å²) < 4.78 is 5.47. The Bertz CT molecular complexity index is 385. The third kappa shape index (κ3) is 1.25. The van der Waals surface area contributed by atoms with Gasteiger partial charge in [-0.2, -0.15) is 5.26 Å². The molecule has 0 N–H and O–H groups in total. The van der Waals surface area contributed by atoms with Crippen LogP contribution in [0.5, 0.6) is 5.75 Å². The number of rotatable bonds is 1. The van der Waals surface area contributed by atoms with E-state index in [0.717, 1.165) is 11.3 Å². The molecule has 3 heteroatoms. The molecule has 1 heterocycles. The second kappa shape index (κ2) is 3.51. The van der Waals surface area contributed by atoms with Gasteiger partial charge in [0.25, 0.3) is 0 Å². The van der Waals surface area contributed by atoms with E-state index < -0.39 is 5.41 Å². The van der Waals surface area contributed by atoms with Gasteiger partial charge in [0, 0.05) is 17.9 Å². The van der Waals surface area contributed by atoms with E-state index >= 15 is 0 Å². The van der Waals surface area contributed by atoms with Crippen LogP contribution < -0.4 is 4.74 Å². The Morgan fingerprint density at radius 3 is 3.00 bits per heavy atom. The molecule has 0 aliphatic carbocycles. The molecule has 0 saturated heterocycles. The van der Waals surface area contributed by atoms with Crippen LogP contribution >= 0.6 is 11.6 Å². The van der Waals surface area contributed by atoms with Gasteiger partial charge in [0.2, 0.25) is 0 Å². The van der Waals surface area contributed by atoms with Gasteiger partial charge in [-0.1, -0.05) is 18.2 Å². The normalized spacial score (nSPS) is 24.6. The molecule has 0 aromatic heterocycles. The maximum absolute atomic E-state index is 9.20. The minimum absolute atomic E-state index is 0.323. The first kappa shape index (κ1) is 9.36. The van der Waals surface area contributed by atoms with Crippen molar-refractivity contribution >= 4 is 11.6 Å². The van der Waals surface area contributed by atoms with Gasteiger partial charge in [-0.05, 0) is 6.07 Å². The van der Waals surface area contributed by atoms with Gasteiger partial charge in [-0.25, -0.2) is 0 Å². The fraction of sp³-hybridized carbons (Fsp3) is 0.364. The molecule has 1 unspecified atom stereocenters. The number of benzene rings is 1. The Hall–Kier alpha value is -1.20. The predicted octanol–water partition coefficient (Wildman–Crippen LogP) is 2.47. The van der Waals surface area contributed by atoms with Crippen molar-refractivity contribution in [3.05, 3.63) is 29.8 Å². The number of alkyl halides is 1. The molecule has 1 aromatic carbocycles. The third-order valence-corrected chi connectivity index (χ3v) is 3.09. The Kier molecular flexibility index (Phi) is 2.35. The number of ether oxygens (including phenoxy) is 1. The molecule has 1 aliphatic heterocycles. The highest BCUT2D eigenvalue weighted by molar-refractivity contribution is 6.19. The van der Waals surface area contributed by atoms with Gasteiger partial charge in [0.1, 0.15) is 11.2 Å². The number of nitrogens with zero attached hydrogens (tertiary/aromatic N) is 1. The Morgan fingerprint density at radius 1 is 1.50 bits per heavy atom. The molecule has 1 atom stereocenters. The molecule has 1 aliphatic rings. The maximum atomic E-state index is 9.20. The zero-order valence-corrected chi connectivity index (χ0v) is 8.42. The second-order valence-electron chi connectivity index (χ2n) is 3.42. The highest BCUT2D eigenvalue weighted by atomic mass is 35.5. The zero-order valence-electron chi connectivity index (χ0n) is 7.66. The topological polar surface area (TPSA) is 33.0 Å². The monoisotopic (exact) mass is 207 g/mol. The van der Waals surface area contributed by atoms with Gasteiger partial charge < -0.3 is 4.74 Å². The van der Waals surface area contributed by atoms with E-state index in [1.165, 1.54) is 0 Å². The van der Waals surface area contributed by atoms with Gasteiger partial charge in [-0.15, -0.1) is 11.6 Å². The predicted molar refractivity (Wildman–Crippen MR) is 54.6 cm³/mol. The SMILES string of the molecule is N#CC1(CCl)CCOc2ccccc21. The summed E-state index contributed by atoms with van der Waals surface area (Å²) in [5.74, 6) is 1.12. The molecule has 0 fully saturated rings. The lowest BCUT2D eigenvalue weighted by atomic mass is 9.79. The smallest absolute Gasteiger partial charge is 0.124 e. The largest absolute Gasteiger partial charge is 0.493 e. The van der Waals surface area contributed by atoms with Crippen LogP contribution in [-0.2, 0) is 5.41 Å². The van der Waals surface area contributed by atoms with Crippen LogP contribution in [-0.4, -0.2) is 12.5 Å². The van der Waals surface area contributed by atoms with Crippen molar-refractivity contribution in [3.63, 3.8) is 0 Å². The number of nitriles is 1. The molecule has 2 rings (SSSR count). The van der Waals surface area contributed by atoms with Gasteiger partial charge in [0.05, 0.1) is 12.7 Å². The minimum atomic E-state index is -0.559. The standard InChI is InChI=1S/C11H10ClNO/c12-7-11(8-13)5-6-14-10-4-2-1-3-9(10)11/h1-4H,5-7H2. The van der Waals surface area contributed by atoms with E-state index in [-0.39, 0.29) is 0 Å². The van der Waals surface area contributed by atoms with Crippen LogP contribution in [0.3, 0.4) is 0 Å². The second-order valence-corrected chi connectivity index (χ2v) is 3.69. The summed E-state index contributed by atoms with van der Waals surface area (Å²) in [6.07, 6.45) is 0.671. The van der Waals surface area contributed by atoms with Crippen LogP contribution in [0.25, 0.3) is 0 Å². The molecule has 14 heavy (non-hydrogen) atoms. The molecule has 0 bridgehead atoms. The van der Waals surface area contributed by atoms with Crippen molar-refractivity contribution in [1.29, 1.82) is 5.26 Å². The molecule has 2 nitrogen and oxygen atoms in total. The Labute approximate surface area is 88.1 Å². The Morgan fingerprint density at radius 2 is 2.29 bits per heavy atom. The van der Waals surface area contributed by atoms with Crippen molar-refractivity contribution in [2.45, 2.75) is 11.8 Å². The molecule has 0 saturated carbocycles. The van der Waals surface area contributed by atoms with E-state index in [9.17, 15) is 5.26 Å². The van der Waals surface area contributed by atoms with Gasteiger partial charge in [-0.3, -0.25) is 0 Å². The number of para-hydroxylation sites is 1. The van der Waals surface area contributed by atoms with Crippen LogP contribution in [0.4, 0.5) is 0 Å².